The van der Waals surface area contributed by atoms with Gasteiger partial charge in [0.2, 0.25) is 11.1 Å². The summed E-state index contributed by atoms with van der Waals surface area (Å²) in [5.74, 6) is 0.0204. The van der Waals surface area contributed by atoms with E-state index < -0.39 is 17.0 Å². The molecule has 3 nitrogen and oxygen atoms in total. The average molecular weight is 248 g/mol. The molecular formula is C12H24O3S. The molecule has 0 radical (unpaired) electrons. The van der Waals surface area contributed by atoms with Crippen molar-refractivity contribution >= 4 is 17.0 Å². The van der Waals surface area contributed by atoms with Crippen molar-refractivity contribution in [2.75, 3.05) is 5.75 Å². The van der Waals surface area contributed by atoms with Crippen LogP contribution in [0.5, 0.6) is 0 Å². The van der Waals surface area contributed by atoms with Crippen molar-refractivity contribution in [2.24, 2.45) is 0 Å². The molecule has 4 heteroatoms. The minimum Gasteiger partial charge on any atom is -0.364 e. The molecule has 0 fully saturated rings. The van der Waals surface area contributed by atoms with Crippen molar-refractivity contribution in [2.45, 2.75) is 65.2 Å². The molecule has 0 aliphatic heterocycles. The first-order chi connectivity index (χ1) is 7.66. The van der Waals surface area contributed by atoms with Crippen LogP contribution in [0.15, 0.2) is 0 Å². The summed E-state index contributed by atoms with van der Waals surface area (Å²) in [4.78, 5) is 10.5. The van der Waals surface area contributed by atoms with Gasteiger partial charge in [-0.3, -0.25) is 4.79 Å². The molecule has 0 spiro atoms. The quantitative estimate of drug-likeness (QED) is 0.557. The zero-order valence-corrected chi connectivity index (χ0v) is 11.3. The number of hydrogen-bond donors (Lipinski definition) is 0. The Hall–Kier alpha value is -0.380. The zero-order valence-electron chi connectivity index (χ0n) is 10.5. The third kappa shape index (κ3) is 11.7. The summed E-state index contributed by atoms with van der Waals surface area (Å²) in [7, 11) is 0. The van der Waals surface area contributed by atoms with Crippen molar-refractivity contribution in [3.63, 3.8) is 0 Å². The molecule has 0 saturated heterocycles. The molecule has 96 valence electrons. The summed E-state index contributed by atoms with van der Waals surface area (Å²) in [6.07, 6.45) is 9.67. The lowest BCUT2D eigenvalue weighted by Crippen LogP contribution is -2.06. The minimum absolute atomic E-state index is 0.460. The van der Waals surface area contributed by atoms with E-state index in [1.165, 1.54) is 45.4 Å². The maximum absolute atomic E-state index is 11.1. The average Bonchev–Trinajstić information content (AvgIpc) is 2.21. The summed E-state index contributed by atoms with van der Waals surface area (Å²) >= 11 is -1.41. The van der Waals surface area contributed by atoms with Crippen LogP contribution in [-0.2, 0) is 20.1 Å². The predicted molar refractivity (Wildman–Crippen MR) is 67.4 cm³/mol. The predicted octanol–water partition coefficient (Wildman–Crippen LogP) is 3.35. The highest BCUT2D eigenvalue weighted by Crippen LogP contribution is 2.08. The second kappa shape index (κ2) is 11.1. The second-order valence-corrected chi connectivity index (χ2v) is 5.24. The van der Waals surface area contributed by atoms with Crippen LogP contribution in [0, 0.1) is 0 Å². The van der Waals surface area contributed by atoms with Crippen LogP contribution < -0.4 is 0 Å². The lowest BCUT2D eigenvalue weighted by molar-refractivity contribution is -0.130. The molecule has 0 rings (SSSR count). The number of hydrogen-bond acceptors (Lipinski definition) is 3. The van der Waals surface area contributed by atoms with Crippen LogP contribution in [-0.4, -0.2) is 15.9 Å². The highest BCUT2D eigenvalue weighted by Gasteiger charge is 2.02. The summed E-state index contributed by atoms with van der Waals surface area (Å²) < 4.78 is 15.6. The van der Waals surface area contributed by atoms with Gasteiger partial charge in [-0.25, -0.2) is 4.21 Å². The van der Waals surface area contributed by atoms with Crippen molar-refractivity contribution < 1.29 is 13.2 Å². The Kier molecular flexibility index (Phi) is 10.9. The van der Waals surface area contributed by atoms with Crippen LogP contribution >= 0.6 is 0 Å². The maximum Gasteiger partial charge on any atom is 0.316 e. The molecule has 0 aliphatic rings. The lowest BCUT2D eigenvalue weighted by Gasteiger charge is -2.02. The molecule has 0 aromatic rings. The Balaban J connectivity index is 3.14. The van der Waals surface area contributed by atoms with E-state index in [1.807, 2.05) is 0 Å². The van der Waals surface area contributed by atoms with E-state index in [2.05, 4.69) is 11.1 Å². The largest absolute Gasteiger partial charge is 0.364 e. The maximum atomic E-state index is 11.1. The van der Waals surface area contributed by atoms with Crippen molar-refractivity contribution in [1.82, 2.24) is 0 Å². The molecular weight excluding hydrogens is 224 g/mol. The molecule has 0 heterocycles. The first-order valence-corrected chi connectivity index (χ1v) is 7.48. The van der Waals surface area contributed by atoms with E-state index in [-0.39, 0.29) is 0 Å². The van der Waals surface area contributed by atoms with Crippen LogP contribution in [0.1, 0.15) is 65.2 Å². The van der Waals surface area contributed by atoms with Crippen LogP contribution in [0.2, 0.25) is 0 Å². The number of carbonyl (C=O) groups is 1. The molecule has 16 heavy (non-hydrogen) atoms. The SMILES string of the molecule is CCCCCCCCCCS(=O)OC(C)=O. The van der Waals surface area contributed by atoms with Crippen LogP contribution in [0.3, 0.4) is 0 Å². The summed E-state index contributed by atoms with van der Waals surface area (Å²) in [5, 5.41) is 0. The van der Waals surface area contributed by atoms with Gasteiger partial charge in [0.05, 0.1) is 5.75 Å². The lowest BCUT2D eigenvalue weighted by atomic mass is 10.1. The van der Waals surface area contributed by atoms with E-state index in [9.17, 15) is 9.00 Å². The van der Waals surface area contributed by atoms with Gasteiger partial charge in [-0.15, -0.1) is 0 Å². The number of unbranched alkanes of at least 4 members (excludes halogenated alkanes) is 7. The fourth-order valence-corrected chi connectivity index (χ4v) is 2.31. The Morgan fingerprint density at radius 1 is 1.00 bits per heavy atom. The second-order valence-electron chi connectivity index (χ2n) is 4.06. The molecule has 0 aromatic heterocycles. The summed E-state index contributed by atoms with van der Waals surface area (Å²) in [6, 6.07) is 0. The van der Waals surface area contributed by atoms with Gasteiger partial charge in [0, 0.05) is 6.92 Å². The minimum atomic E-state index is -1.41. The van der Waals surface area contributed by atoms with Gasteiger partial charge in [0.1, 0.15) is 0 Å². The first-order valence-electron chi connectivity index (χ1n) is 6.24. The monoisotopic (exact) mass is 248 g/mol. The Morgan fingerprint density at radius 3 is 2.00 bits per heavy atom. The van der Waals surface area contributed by atoms with E-state index in [0.717, 1.165) is 12.8 Å². The molecule has 0 saturated carbocycles. The molecule has 0 aromatic carbocycles. The van der Waals surface area contributed by atoms with Crippen LogP contribution in [0.25, 0.3) is 0 Å². The number of rotatable bonds is 10. The van der Waals surface area contributed by atoms with E-state index in [0.29, 0.717) is 5.75 Å². The molecule has 0 bridgehead atoms. The highest BCUT2D eigenvalue weighted by molar-refractivity contribution is 7.80. The molecule has 1 atom stereocenters. The van der Waals surface area contributed by atoms with Gasteiger partial charge in [0.15, 0.2) is 0 Å². The van der Waals surface area contributed by atoms with Gasteiger partial charge in [-0.05, 0) is 6.42 Å². The van der Waals surface area contributed by atoms with Crippen LogP contribution in [0.4, 0.5) is 0 Å². The summed E-state index contributed by atoms with van der Waals surface area (Å²) in [5.41, 5.74) is 0. The Labute approximate surface area is 102 Å². The topological polar surface area (TPSA) is 43.4 Å². The van der Waals surface area contributed by atoms with E-state index in [1.54, 1.807) is 0 Å². The van der Waals surface area contributed by atoms with Crippen molar-refractivity contribution in [1.29, 1.82) is 0 Å². The zero-order chi connectivity index (χ0) is 12.2. The molecule has 1 unspecified atom stereocenters. The standard InChI is InChI=1S/C12H24O3S/c1-3-4-5-6-7-8-9-10-11-16(14)15-12(2)13/h3-11H2,1-2H3. The van der Waals surface area contributed by atoms with E-state index >= 15 is 0 Å². The van der Waals surface area contributed by atoms with Gasteiger partial charge in [-0.2, -0.15) is 0 Å². The third-order valence-electron chi connectivity index (χ3n) is 2.37. The van der Waals surface area contributed by atoms with Gasteiger partial charge in [-0.1, -0.05) is 51.9 Å². The Bertz CT molecular complexity index is 204. The van der Waals surface area contributed by atoms with Crippen molar-refractivity contribution in [3.05, 3.63) is 0 Å². The smallest absolute Gasteiger partial charge is 0.316 e. The Morgan fingerprint density at radius 2 is 1.50 bits per heavy atom. The molecule has 0 amide bonds. The first kappa shape index (κ1) is 15.6. The van der Waals surface area contributed by atoms with Gasteiger partial charge >= 0.3 is 5.97 Å². The third-order valence-corrected chi connectivity index (χ3v) is 3.42. The van der Waals surface area contributed by atoms with Gasteiger partial charge < -0.3 is 4.18 Å². The fraction of sp³-hybridized carbons (Fsp3) is 0.917. The fourth-order valence-electron chi connectivity index (χ4n) is 1.53. The normalized spacial score (nSPS) is 12.4. The molecule has 0 N–H and O–H groups in total. The molecule has 0 aliphatic carbocycles. The van der Waals surface area contributed by atoms with Crippen molar-refractivity contribution in [3.8, 4) is 0 Å². The number of carbonyl (C=O) groups excluding carboxylic acids is 1. The van der Waals surface area contributed by atoms with E-state index in [4.69, 9.17) is 0 Å². The van der Waals surface area contributed by atoms with Gasteiger partial charge in [0.25, 0.3) is 0 Å². The highest BCUT2D eigenvalue weighted by atomic mass is 32.2. The summed E-state index contributed by atoms with van der Waals surface area (Å²) in [6.45, 7) is 3.50.